The topological polar surface area (TPSA) is 116 Å². The Kier molecular flexibility index (Phi) is 5.64. The molecule has 0 spiro atoms. The quantitative estimate of drug-likeness (QED) is 0.620. The van der Waals surface area contributed by atoms with Crippen molar-refractivity contribution in [1.82, 2.24) is 15.1 Å². The van der Waals surface area contributed by atoms with Gasteiger partial charge in [0.15, 0.2) is 6.04 Å². The summed E-state index contributed by atoms with van der Waals surface area (Å²) in [5.74, 6) is -2.41. The van der Waals surface area contributed by atoms with Crippen LogP contribution in [0.25, 0.3) is 10.8 Å². The first kappa shape index (κ1) is 21.8. The molecule has 0 radical (unpaired) electrons. The number of amides is 3. The second-order valence-corrected chi connectivity index (χ2v) is 9.01. The molecular formula is C24H28N4O4. The SMILES string of the molecule is CN1C=CC(C)(CC2C(=O)N(C(=O)NCc3cccc4ccccc34)C2C(=O)O)CC1N. The van der Waals surface area contributed by atoms with Crippen LogP contribution >= 0.6 is 0 Å². The lowest BCUT2D eigenvalue weighted by Crippen LogP contribution is -2.68. The van der Waals surface area contributed by atoms with E-state index in [2.05, 4.69) is 5.32 Å². The summed E-state index contributed by atoms with van der Waals surface area (Å²) in [6.07, 6.45) is 4.55. The number of imide groups is 1. The summed E-state index contributed by atoms with van der Waals surface area (Å²) in [5, 5.41) is 14.5. The Balaban J connectivity index is 1.45. The molecule has 1 saturated heterocycles. The van der Waals surface area contributed by atoms with Gasteiger partial charge in [0.2, 0.25) is 5.91 Å². The molecule has 4 unspecified atom stereocenters. The summed E-state index contributed by atoms with van der Waals surface area (Å²) >= 11 is 0. The van der Waals surface area contributed by atoms with Crippen molar-refractivity contribution in [3.8, 4) is 0 Å². The van der Waals surface area contributed by atoms with Crippen molar-refractivity contribution in [2.24, 2.45) is 17.1 Å². The second-order valence-electron chi connectivity index (χ2n) is 9.01. The summed E-state index contributed by atoms with van der Waals surface area (Å²) < 4.78 is 0. The maximum absolute atomic E-state index is 12.8. The van der Waals surface area contributed by atoms with Gasteiger partial charge in [-0.15, -0.1) is 0 Å². The molecule has 2 aliphatic heterocycles. The van der Waals surface area contributed by atoms with Crippen molar-refractivity contribution in [3.63, 3.8) is 0 Å². The number of rotatable bonds is 5. The van der Waals surface area contributed by atoms with Crippen LogP contribution < -0.4 is 11.1 Å². The average Bonchev–Trinajstić information content (AvgIpc) is 2.76. The molecule has 4 N–H and O–H groups in total. The summed E-state index contributed by atoms with van der Waals surface area (Å²) in [6.45, 7) is 2.16. The Labute approximate surface area is 186 Å². The van der Waals surface area contributed by atoms with Crippen LogP contribution in [0.5, 0.6) is 0 Å². The first-order chi connectivity index (χ1) is 15.2. The number of urea groups is 1. The van der Waals surface area contributed by atoms with Crippen LogP contribution in [0.1, 0.15) is 25.3 Å². The molecule has 8 heteroatoms. The predicted molar refractivity (Wildman–Crippen MR) is 120 cm³/mol. The number of fused-ring (bicyclic) bond motifs is 1. The monoisotopic (exact) mass is 436 g/mol. The minimum atomic E-state index is -1.18. The number of hydrogen-bond acceptors (Lipinski definition) is 5. The molecule has 2 aliphatic rings. The largest absolute Gasteiger partial charge is 0.480 e. The van der Waals surface area contributed by atoms with Gasteiger partial charge in [0.25, 0.3) is 0 Å². The molecular weight excluding hydrogens is 408 g/mol. The van der Waals surface area contributed by atoms with E-state index in [1.165, 1.54) is 0 Å². The van der Waals surface area contributed by atoms with Crippen LogP contribution in [0.15, 0.2) is 54.7 Å². The molecule has 2 heterocycles. The summed E-state index contributed by atoms with van der Waals surface area (Å²) in [5.41, 5.74) is 6.61. The van der Waals surface area contributed by atoms with E-state index in [9.17, 15) is 19.5 Å². The Hall–Kier alpha value is -3.39. The maximum Gasteiger partial charge on any atom is 0.327 e. The molecule has 2 aromatic carbocycles. The fourth-order valence-electron chi connectivity index (χ4n) is 4.71. The molecule has 2 aromatic rings. The summed E-state index contributed by atoms with van der Waals surface area (Å²) in [7, 11) is 1.87. The highest BCUT2D eigenvalue weighted by atomic mass is 16.4. The molecule has 0 bridgehead atoms. The molecule has 0 aliphatic carbocycles. The molecule has 0 aromatic heterocycles. The maximum atomic E-state index is 12.8. The number of benzene rings is 2. The van der Waals surface area contributed by atoms with Gasteiger partial charge >= 0.3 is 12.0 Å². The smallest absolute Gasteiger partial charge is 0.327 e. The van der Waals surface area contributed by atoms with E-state index < -0.39 is 35.3 Å². The number of nitrogens with zero attached hydrogens (tertiary/aromatic N) is 2. The third kappa shape index (κ3) is 3.93. The zero-order chi connectivity index (χ0) is 23.0. The average molecular weight is 437 g/mol. The minimum Gasteiger partial charge on any atom is -0.480 e. The number of β-lactam (4-membered cyclic amide) rings is 1. The fraction of sp³-hybridized carbons (Fsp3) is 0.375. The van der Waals surface area contributed by atoms with Gasteiger partial charge in [-0.2, -0.15) is 0 Å². The zero-order valence-electron chi connectivity index (χ0n) is 18.2. The Morgan fingerprint density at radius 3 is 2.66 bits per heavy atom. The standard InChI is InChI=1S/C24H28N4O4/c1-24(10-11-27(2)19(25)13-24)12-18-20(22(30)31)28(21(18)29)23(32)26-14-16-8-5-7-15-6-3-4-9-17(15)16/h3-11,18-20H,12-14,25H2,1-2H3,(H,26,32)(H,30,31). The Morgan fingerprint density at radius 1 is 1.22 bits per heavy atom. The van der Waals surface area contributed by atoms with Crippen molar-refractivity contribution in [1.29, 1.82) is 0 Å². The van der Waals surface area contributed by atoms with Crippen molar-refractivity contribution in [2.75, 3.05) is 7.05 Å². The lowest BCUT2D eigenvalue weighted by molar-refractivity contribution is -0.167. The van der Waals surface area contributed by atoms with Crippen molar-refractivity contribution < 1.29 is 19.5 Å². The third-order valence-corrected chi connectivity index (χ3v) is 6.59. The van der Waals surface area contributed by atoms with Crippen LogP contribution in [-0.4, -0.2) is 52.1 Å². The first-order valence-electron chi connectivity index (χ1n) is 10.7. The molecule has 32 heavy (non-hydrogen) atoms. The molecule has 1 fully saturated rings. The minimum absolute atomic E-state index is 0.197. The zero-order valence-corrected chi connectivity index (χ0v) is 18.2. The van der Waals surface area contributed by atoms with Crippen molar-refractivity contribution >= 4 is 28.7 Å². The molecule has 8 nitrogen and oxygen atoms in total. The number of carbonyl (C=O) groups is 3. The second kappa shape index (κ2) is 8.27. The van der Waals surface area contributed by atoms with E-state index in [4.69, 9.17) is 5.73 Å². The fourth-order valence-corrected chi connectivity index (χ4v) is 4.71. The molecule has 3 amide bonds. The van der Waals surface area contributed by atoms with Crippen LogP contribution in [0, 0.1) is 11.3 Å². The first-order valence-corrected chi connectivity index (χ1v) is 10.7. The van der Waals surface area contributed by atoms with Crippen LogP contribution in [-0.2, 0) is 16.1 Å². The van der Waals surface area contributed by atoms with Gasteiger partial charge in [0.05, 0.1) is 12.1 Å². The number of hydrogen-bond donors (Lipinski definition) is 3. The summed E-state index contributed by atoms with van der Waals surface area (Å²) in [4.78, 5) is 40.3. The molecule has 0 saturated carbocycles. The van der Waals surface area contributed by atoms with Gasteiger partial charge in [-0.1, -0.05) is 55.5 Å². The van der Waals surface area contributed by atoms with E-state index in [1.54, 1.807) is 0 Å². The van der Waals surface area contributed by atoms with Crippen molar-refractivity contribution in [2.45, 2.75) is 38.5 Å². The van der Waals surface area contributed by atoms with E-state index >= 15 is 0 Å². The van der Waals surface area contributed by atoms with Gasteiger partial charge in [0.1, 0.15) is 0 Å². The number of nitrogens with one attached hydrogen (secondary N) is 1. The van der Waals surface area contributed by atoms with Gasteiger partial charge in [-0.05, 0) is 40.8 Å². The molecule has 168 valence electrons. The van der Waals surface area contributed by atoms with Gasteiger partial charge < -0.3 is 21.1 Å². The van der Waals surface area contributed by atoms with E-state index in [0.717, 1.165) is 21.2 Å². The number of carbonyl (C=O) groups excluding carboxylic acids is 2. The Morgan fingerprint density at radius 2 is 1.94 bits per heavy atom. The van der Waals surface area contributed by atoms with Crippen LogP contribution in [0.4, 0.5) is 4.79 Å². The van der Waals surface area contributed by atoms with Gasteiger partial charge in [-0.3, -0.25) is 4.79 Å². The third-order valence-electron chi connectivity index (χ3n) is 6.59. The summed E-state index contributed by atoms with van der Waals surface area (Å²) in [6, 6.07) is 11.7. The van der Waals surface area contributed by atoms with E-state index in [1.807, 2.05) is 73.6 Å². The molecule has 4 atom stereocenters. The van der Waals surface area contributed by atoms with Gasteiger partial charge in [-0.25, -0.2) is 14.5 Å². The van der Waals surface area contributed by atoms with Crippen LogP contribution in [0.2, 0.25) is 0 Å². The van der Waals surface area contributed by atoms with Crippen molar-refractivity contribution in [3.05, 3.63) is 60.3 Å². The lowest BCUT2D eigenvalue weighted by Gasteiger charge is -2.47. The van der Waals surface area contributed by atoms with Crippen LogP contribution in [0.3, 0.4) is 0 Å². The lowest BCUT2D eigenvalue weighted by atomic mass is 9.70. The number of allylic oxidation sites excluding steroid dienone is 1. The predicted octanol–water partition coefficient (Wildman–Crippen LogP) is 2.49. The van der Waals surface area contributed by atoms with Gasteiger partial charge in [0, 0.05) is 13.6 Å². The van der Waals surface area contributed by atoms with E-state index in [-0.39, 0.29) is 12.7 Å². The number of carboxylic acid groups (broad SMARTS) is 1. The number of aliphatic carboxylic acids is 1. The highest BCUT2D eigenvalue weighted by Gasteiger charge is 2.56. The number of likely N-dealkylation sites (tertiary alicyclic amines) is 1. The Bertz CT molecular complexity index is 1100. The normalized spacial score (nSPS) is 27.3. The number of nitrogens with two attached hydrogens (primary N) is 1. The van der Waals surface area contributed by atoms with E-state index in [0.29, 0.717) is 12.8 Å². The highest BCUT2D eigenvalue weighted by molar-refractivity contribution is 6.07. The molecule has 4 rings (SSSR count). The highest BCUT2D eigenvalue weighted by Crippen LogP contribution is 2.42. The number of carboxylic acids is 1.